The van der Waals surface area contributed by atoms with Crippen LogP contribution < -0.4 is 9.47 Å². The Morgan fingerprint density at radius 1 is 1.05 bits per heavy atom. The van der Waals surface area contributed by atoms with Gasteiger partial charge in [0.05, 0.1) is 18.5 Å². The Morgan fingerprint density at radius 3 is 2.30 bits per heavy atom. The van der Waals surface area contributed by atoms with Gasteiger partial charge in [-0.2, -0.15) is 8.78 Å². The van der Waals surface area contributed by atoms with Crippen LogP contribution in [0.3, 0.4) is 0 Å². The largest absolute Gasteiger partial charge is 0.487 e. The fourth-order valence-corrected chi connectivity index (χ4v) is 1.52. The minimum atomic E-state index is -2.83. The zero-order chi connectivity index (χ0) is 14.4. The van der Waals surface area contributed by atoms with Crippen LogP contribution in [0.2, 0.25) is 0 Å². The molecule has 0 atom stereocenters. The molecule has 0 radical (unpaired) electrons. The van der Waals surface area contributed by atoms with Gasteiger partial charge in [0.2, 0.25) is 0 Å². The number of rotatable bonds is 6. The first-order valence-corrected chi connectivity index (χ1v) is 5.89. The van der Waals surface area contributed by atoms with E-state index in [9.17, 15) is 8.78 Å². The van der Waals surface area contributed by atoms with Crippen molar-refractivity contribution in [2.24, 2.45) is 0 Å². The smallest absolute Gasteiger partial charge is 0.387 e. The molecule has 4 nitrogen and oxygen atoms in total. The van der Waals surface area contributed by atoms with Crippen LogP contribution in [-0.2, 0) is 13.2 Å². The van der Waals surface area contributed by atoms with E-state index in [0.29, 0.717) is 11.4 Å². The third-order valence-corrected chi connectivity index (χ3v) is 2.51. The number of nitrogens with zero attached hydrogens (tertiary/aromatic N) is 1. The van der Waals surface area contributed by atoms with Crippen LogP contribution in [0.4, 0.5) is 8.78 Å². The van der Waals surface area contributed by atoms with Crippen molar-refractivity contribution >= 4 is 0 Å². The zero-order valence-electron chi connectivity index (χ0n) is 10.5. The predicted octanol–water partition coefficient (Wildman–Crippen LogP) is 2.75. The van der Waals surface area contributed by atoms with Crippen molar-refractivity contribution in [3.63, 3.8) is 0 Å². The summed E-state index contributed by atoms with van der Waals surface area (Å²) in [6, 6.07) is 9.57. The van der Waals surface area contributed by atoms with Crippen molar-refractivity contribution in [1.82, 2.24) is 4.98 Å². The lowest BCUT2D eigenvalue weighted by atomic mass is 10.2. The third kappa shape index (κ3) is 4.17. The average Bonchev–Trinajstić information content (AvgIpc) is 2.46. The lowest BCUT2D eigenvalue weighted by molar-refractivity contribution is -0.0498. The number of hydrogen-bond donors (Lipinski definition) is 1. The van der Waals surface area contributed by atoms with Gasteiger partial charge < -0.3 is 14.6 Å². The van der Waals surface area contributed by atoms with Crippen molar-refractivity contribution in [1.29, 1.82) is 0 Å². The zero-order valence-corrected chi connectivity index (χ0v) is 10.5. The van der Waals surface area contributed by atoms with E-state index in [0.717, 1.165) is 5.56 Å². The Kier molecular flexibility index (Phi) is 4.84. The van der Waals surface area contributed by atoms with Crippen LogP contribution in [-0.4, -0.2) is 16.7 Å². The van der Waals surface area contributed by atoms with E-state index in [4.69, 9.17) is 9.84 Å². The predicted molar refractivity (Wildman–Crippen MR) is 67.6 cm³/mol. The Labute approximate surface area is 114 Å². The Bertz CT molecular complexity index is 529. The summed E-state index contributed by atoms with van der Waals surface area (Å²) in [5, 5.41) is 8.86. The second-order valence-corrected chi connectivity index (χ2v) is 3.95. The highest BCUT2D eigenvalue weighted by Crippen LogP contribution is 2.17. The van der Waals surface area contributed by atoms with Crippen molar-refractivity contribution in [3.05, 3.63) is 53.9 Å². The van der Waals surface area contributed by atoms with E-state index in [1.165, 1.54) is 18.3 Å². The molecule has 20 heavy (non-hydrogen) atoms. The maximum absolute atomic E-state index is 12.0. The van der Waals surface area contributed by atoms with Gasteiger partial charge in [0.25, 0.3) is 0 Å². The minimum Gasteiger partial charge on any atom is -0.487 e. The second-order valence-electron chi connectivity index (χ2n) is 3.95. The number of aliphatic hydroxyl groups is 1. The molecule has 0 aliphatic carbocycles. The lowest BCUT2D eigenvalue weighted by Crippen LogP contribution is -2.02. The SMILES string of the molecule is OCc1ccc(OCc2ccc(OC(F)F)cc2)cn1. The molecule has 1 heterocycles. The van der Waals surface area contributed by atoms with Gasteiger partial charge in [0, 0.05) is 0 Å². The number of hydrogen-bond acceptors (Lipinski definition) is 4. The Hall–Kier alpha value is -2.21. The summed E-state index contributed by atoms with van der Waals surface area (Å²) in [6.07, 6.45) is 1.51. The molecule has 0 aliphatic rings. The fourth-order valence-electron chi connectivity index (χ4n) is 1.52. The molecule has 0 fully saturated rings. The molecule has 2 aromatic rings. The normalized spacial score (nSPS) is 10.6. The van der Waals surface area contributed by atoms with Gasteiger partial charge in [-0.05, 0) is 29.8 Å². The maximum Gasteiger partial charge on any atom is 0.387 e. The Morgan fingerprint density at radius 2 is 1.75 bits per heavy atom. The molecular weight excluding hydrogens is 268 g/mol. The first kappa shape index (κ1) is 14.2. The molecule has 106 valence electrons. The van der Waals surface area contributed by atoms with Gasteiger partial charge in [0.1, 0.15) is 18.1 Å². The standard InChI is InChI=1S/C14H13F2NO3/c15-14(16)20-12-4-1-10(2-5-12)9-19-13-6-3-11(8-18)17-7-13/h1-7,14,18H,8-9H2. The number of benzene rings is 1. The number of aromatic nitrogens is 1. The molecule has 2 rings (SSSR count). The molecule has 0 unspecified atom stereocenters. The van der Waals surface area contributed by atoms with Crippen LogP contribution in [0.5, 0.6) is 11.5 Å². The number of ether oxygens (including phenoxy) is 2. The summed E-state index contributed by atoms with van der Waals surface area (Å²) in [6.45, 7) is -2.66. The van der Waals surface area contributed by atoms with Gasteiger partial charge in [-0.15, -0.1) is 0 Å². The van der Waals surface area contributed by atoms with E-state index in [-0.39, 0.29) is 19.0 Å². The monoisotopic (exact) mass is 281 g/mol. The molecule has 0 saturated heterocycles. The van der Waals surface area contributed by atoms with Crippen molar-refractivity contribution in [2.75, 3.05) is 0 Å². The van der Waals surface area contributed by atoms with Gasteiger partial charge in [-0.1, -0.05) is 12.1 Å². The first-order chi connectivity index (χ1) is 9.67. The summed E-state index contributed by atoms with van der Waals surface area (Å²) in [5.74, 6) is 0.674. The summed E-state index contributed by atoms with van der Waals surface area (Å²) in [7, 11) is 0. The fraction of sp³-hybridized carbons (Fsp3) is 0.214. The topological polar surface area (TPSA) is 51.6 Å². The first-order valence-electron chi connectivity index (χ1n) is 5.89. The van der Waals surface area contributed by atoms with E-state index >= 15 is 0 Å². The molecule has 6 heteroatoms. The minimum absolute atomic E-state index is 0.109. The molecule has 0 saturated carbocycles. The second kappa shape index (κ2) is 6.81. The maximum atomic E-state index is 12.0. The van der Waals surface area contributed by atoms with Crippen LogP contribution in [0.1, 0.15) is 11.3 Å². The summed E-state index contributed by atoms with van der Waals surface area (Å²) in [5.41, 5.74) is 1.38. The molecule has 1 aromatic carbocycles. The molecule has 0 bridgehead atoms. The average molecular weight is 281 g/mol. The Balaban J connectivity index is 1.89. The highest BCUT2D eigenvalue weighted by molar-refractivity contribution is 5.27. The summed E-state index contributed by atoms with van der Waals surface area (Å²) in [4.78, 5) is 3.98. The van der Waals surface area contributed by atoms with Crippen LogP contribution in [0.15, 0.2) is 42.6 Å². The number of pyridine rings is 1. The van der Waals surface area contributed by atoms with Crippen molar-refractivity contribution in [2.45, 2.75) is 19.8 Å². The van der Waals surface area contributed by atoms with E-state index in [1.54, 1.807) is 24.3 Å². The van der Waals surface area contributed by atoms with Crippen molar-refractivity contribution in [3.8, 4) is 11.5 Å². The molecule has 0 amide bonds. The summed E-state index contributed by atoms with van der Waals surface area (Å²) >= 11 is 0. The highest BCUT2D eigenvalue weighted by Gasteiger charge is 2.04. The number of alkyl halides is 2. The number of halogens is 2. The van der Waals surface area contributed by atoms with Gasteiger partial charge in [-0.3, -0.25) is 4.98 Å². The van der Waals surface area contributed by atoms with E-state index in [2.05, 4.69) is 9.72 Å². The molecule has 1 N–H and O–H groups in total. The highest BCUT2D eigenvalue weighted by atomic mass is 19.3. The molecular formula is C14H13F2NO3. The van der Waals surface area contributed by atoms with Crippen molar-refractivity contribution < 1.29 is 23.4 Å². The van der Waals surface area contributed by atoms with Crippen LogP contribution >= 0.6 is 0 Å². The van der Waals surface area contributed by atoms with Crippen LogP contribution in [0.25, 0.3) is 0 Å². The van der Waals surface area contributed by atoms with Crippen LogP contribution in [0, 0.1) is 0 Å². The quantitative estimate of drug-likeness (QED) is 0.884. The molecule has 0 spiro atoms. The lowest BCUT2D eigenvalue weighted by Gasteiger charge is -2.08. The third-order valence-electron chi connectivity index (χ3n) is 2.51. The van der Waals surface area contributed by atoms with E-state index in [1.807, 2.05) is 0 Å². The summed E-state index contributed by atoms with van der Waals surface area (Å²) < 4.78 is 33.7. The molecule has 1 aromatic heterocycles. The molecule has 0 aliphatic heterocycles. The van der Waals surface area contributed by atoms with Gasteiger partial charge >= 0.3 is 6.61 Å². The van der Waals surface area contributed by atoms with E-state index < -0.39 is 6.61 Å². The van der Waals surface area contributed by atoms with Gasteiger partial charge in [0.15, 0.2) is 0 Å². The van der Waals surface area contributed by atoms with Gasteiger partial charge in [-0.25, -0.2) is 0 Å². The number of aliphatic hydroxyl groups excluding tert-OH is 1.